The van der Waals surface area contributed by atoms with E-state index in [4.69, 9.17) is 4.74 Å². The third kappa shape index (κ3) is 7.30. The van der Waals surface area contributed by atoms with Crippen LogP contribution in [0.15, 0.2) is 64.9 Å². The molecule has 0 aliphatic rings. The lowest BCUT2D eigenvalue weighted by Gasteiger charge is -2.11. The maximum Gasteiger partial charge on any atom is 0.271 e. The molecule has 3 rings (SSSR count). The molecule has 0 bridgehead atoms. The molecule has 0 saturated heterocycles. The van der Waals surface area contributed by atoms with Crippen LogP contribution in [-0.4, -0.2) is 43.8 Å². The van der Waals surface area contributed by atoms with Gasteiger partial charge in [0.05, 0.1) is 9.85 Å². The Balaban J connectivity index is 1.84. The number of nitrogens with one attached hydrogen (secondary N) is 1. The predicted octanol–water partition coefficient (Wildman–Crippen LogP) is 4.32. The number of amides is 1. The Bertz CT molecular complexity index is 1300. The molecule has 0 saturated carbocycles. The van der Waals surface area contributed by atoms with Gasteiger partial charge in [0.15, 0.2) is 5.16 Å². The second kappa shape index (κ2) is 12.4. The van der Waals surface area contributed by atoms with Gasteiger partial charge in [0.2, 0.25) is 5.88 Å². The summed E-state index contributed by atoms with van der Waals surface area (Å²) in [5, 5.41) is 26.8. The molecule has 0 aliphatic heterocycles. The molecule has 1 amide bonds. The van der Waals surface area contributed by atoms with Gasteiger partial charge in [0.25, 0.3) is 17.3 Å². The molecule has 1 heterocycles. The molecule has 1 aromatic heterocycles. The van der Waals surface area contributed by atoms with Crippen LogP contribution in [0, 0.1) is 27.2 Å². The van der Waals surface area contributed by atoms with Crippen molar-refractivity contribution in [3.8, 4) is 5.88 Å². The van der Waals surface area contributed by atoms with Gasteiger partial charge in [0, 0.05) is 52.9 Å². The number of carbonyl (C=O) groups excluding carboxylic acids is 1. The van der Waals surface area contributed by atoms with Crippen LogP contribution in [0.2, 0.25) is 0 Å². The molecule has 0 fully saturated rings. The van der Waals surface area contributed by atoms with Crippen molar-refractivity contribution in [1.29, 1.82) is 0 Å². The lowest BCUT2D eigenvalue weighted by Crippen LogP contribution is -2.23. The number of hydrazone groups is 1. The van der Waals surface area contributed by atoms with Crippen molar-refractivity contribution in [3.05, 3.63) is 91.6 Å². The fraction of sp³-hybridized carbons (Fsp3) is 0.217. The molecule has 1 N–H and O–H groups in total. The molecule has 2 aromatic carbocycles. The number of thioether (sulfide) groups is 1. The lowest BCUT2D eigenvalue weighted by molar-refractivity contribution is -0.385. The van der Waals surface area contributed by atoms with Crippen molar-refractivity contribution in [1.82, 2.24) is 15.4 Å². The minimum absolute atomic E-state index is 0.146. The van der Waals surface area contributed by atoms with E-state index in [1.54, 1.807) is 12.1 Å². The van der Waals surface area contributed by atoms with E-state index in [0.717, 1.165) is 12.2 Å². The van der Waals surface area contributed by atoms with Gasteiger partial charge in [-0.2, -0.15) is 10.1 Å². The summed E-state index contributed by atoms with van der Waals surface area (Å²) in [5.41, 5.74) is 3.48. The Hall–Kier alpha value is -4.39. The summed E-state index contributed by atoms with van der Waals surface area (Å²) in [5.74, 6) is 0.516. The van der Waals surface area contributed by atoms with E-state index in [9.17, 15) is 25.0 Å². The second-order valence-corrected chi connectivity index (χ2v) is 8.44. The minimum Gasteiger partial charge on any atom is -0.471 e. The van der Waals surface area contributed by atoms with Crippen LogP contribution < -0.4 is 10.2 Å². The molecule has 3 aromatic rings. The fourth-order valence-corrected chi connectivity index (χ4v) is 3.63. The van der Waals surface area contributed by atoms with Crippen LogP contribution >= 0.6 is 11.8 Å². The van der Waals surface area contributed by atoms with Crippen molar-refractivity contribution in [3.63, 3.8) is 0 Å². The smallest absolute Gasteiger partial charge is 0.271 e. The first-order valence-corrected chi connectivity index (χ1v) is 11.7. The molecule has 0 aliphatic carbocycles. The summed E-state index contributed by atoms with van der Waals surface area (Å²) in [7, 11) is 0. The van der Waals surface area contributed by atoms with Crippen molar-refractivity contribution in [2.75, 3.05) is 12.4 Å². The first-order chi connectivity index (χ1) is 17.3. The lowest BCUT2D eigenvalue weighted by atomic mass is 10.1. The van der Waals surface area contributed by atoms with Gasteiger partial charge < -0.3 is 4.74 Å². The topological polar surface area (TPSA) is 163 Å². The van der Waals surface area contributed by atoms with Crippen molar-refractivity contribution in [2.24, 2.45) is 5.10 Å². The van der Waals surface area contributed by atoms with Gasteiger partial charge in [-0.05, 0) is 25.5 Å². The van der Waals surface area contributed by atoms with Crippen LogP contribution in [0.5, 0.6) is 5.88 Å². The number of rotatable bonds is 11. The zero-order valence-corrected chi connectivity index (χ0v) is 20.2. The number of ether oxygens (including phenoxy) is 1. The van der Waals surface area contributed by atoms with Crippen LogP contribution in [-0.2, 0) is 0 Å². The SMILES string of the molecule is CCCSc1nc(C)cc(OC/C(=N\NC(=O)c2ccc([N+](=O)[O-])cc2)c2cccc([N+](=O)[O-])c2)n1. The van der Waals surface area contributed by atoms with Crippen LogP contribution in [0.4, 0.5) is 11.4 Å². The summed E-state index contributed by atoms with van der Waals surface area (Å²) in [4.78, 5) is 42.2. The maximum atomic E-state index is 12.5. The molecule has 36 heavy (non-hydrogen) atoms. The highest BCUT2D eigenvalue weighted by Crippen LogP contribution is 2.20. The van der Waals surface area contributed by atoms with E-state index < -0.39 is 15.8 Å². The predicted molar refractivity (Wildman–Crippen MR) is 133 cm³/mol. The number of hydrogen-bond donors (Lipinski definition) is 1. The molecule has 13 heteroatoms. The molecule has 0 unspecified atom stereocenters. The van der Waals surface area contributed by atoms with Gasteiger partial charge in [-0.3, -0.25) is 25.0 Å². The summed E-state index contributed by atoms with van der Waals surface area (Å²) >= 11 is 1.49. The van der Waals surface area contributed by atoms with E-state index in [2.05, 4.69) is 20.5 Å². The summed E-state index contributed by atoms with van der Waals surface area (Å²) in [6.45, 7) is 3.70. The third-order valence-electron chi connectivity index (χ3n) is 4.63. The average molecular weight is 511 g/mol. The molecule has 0 atom stereocenters. The van der Waals surface area contributed by atoms with E-state index in [1.807, 2.05) is 13.8 Å². The number of nitrogens with zero attached hydrogens (tertiary/aromatic N) is 5. The van der Waals surface area contributed by atoms with Gasteiger partial charge in [0.1, 0.15) is 12.3 Å². The van der Waals surface area contributed by atoms with Crippen molar-refractivity contribution >= 4 is 34.8 Å². The Kier molecular flexibility index (Phi) is 9.00. The normalized spacial score (nSPS) is 11.1. The second-order valence-electron chi connectivity index (χ2n) is 7.38. The number of nitro groups is 2. The zero-order valence-electron chi connectivity index (χ0n) is 19.4. The largest absolute Gasteiger partial charge is 0.471 e. The van der Waals surface area contributed by atoms with Crippen LogP contribution in [0.1, 0.15) is 35.0 Å². The van der Waals surface area contributed by atoms with E-state index in [1.165, 1.54) is 54.2 Å². The maximum absolute atomic E-state index is 12.5. The Morgan fingerprint density at radius 3 is 2.42 bits per heavy atom. The van der Waals surface area contributed by atoms with E-state index in [-0.39, 0.29) is 29.3 Å². The monoisotopic (exact) mass is 510 g/mol. The molecule has 0 spiro atoms. The first-order valence-electron chi connectivity index (χ1n) is 10.7. The molecule has 12 nitrogen and oxygen atoms in total. The number of benzene rings is 2. The first kappa shape index (κ1) is 26.2. The van der Waals surface area contributed by atoms with E-state index in [0.29, 0.717) is 22.3 Å². The highest BCUT2D eigenvalue weighted by atomic mass is 32.2. The van der Waals surface area contributed by atoms with Crippen LogP contribution in [0.3, 0.4) is 0 Å². The van der Waals surface area contributed by atoms with Gasteiger partial charge in [-0.1, -0.05) is 30.8 Å². The number of non-ortho nitro benzene ring substituents is 2. The standard InChI is InChI=1S/C23H22N6O6S/c1-3-11-36-23-24-15(2)12-21(25-23)35-14-20(17-5-4-6-19(13-17)29(33)34)26-27-22(30)16-7-9-18(10-8-16)28(31)32/h4-10,12-13H,3,11,14H2,1-2H3,(H,27,30)/b26-20+. The number of hydrogen-bond acceptors (Lipinski definition) is 10. The highest BCUT2D eigenvalue weighted by molar-refractivity contribution is 7.99. The molecular weight excluding hydrogens is 488 g/mol. The minimum atomic E-state index is -0.621. The van der Waals surface area contributed by atoms with E-state index >= 15 is 0 Å². The molecule has 0 radical (unpaired) electrons. The average Bonchev–Trinajstić information content (AvgIpc) is 2.87. The van der Waals surface area contributed by atoms with Gasteiger partial charge in [-0.25, -0.2) is 10.4 Å². The Morgan fingerprint density at radius 1 is 1.03 bits per heavy atom. The van der Waals surface area contributed by atoms with Crippen LogP contribution in [0.25, 0.3) is 0 Å². The molecular formula is C23H22N6O6S. The zero-order chi connectivity index (χ0) is 26.1. The van der Waals surface area contributed by atoms with Gasteiger partial charge >= 0.3 is 0 Å². The van der Waals surface area contributed by atoms with Crippen molar-refractivity contribution < 1.29 is 19.4 Å². The fourth-order valence-electron chi connectivity index (χ4n) is 2.88. The number of carbonyl (C=O) groups is 1. The van der Waals surface area contributed by atoms with Crippen molar-refractivity contribution in [2.45, 2.75) is 25.4 Å². The number of nitro benzene ring substituents is 2. The Labute approximate surface area is 210 Å². The highest BCUT2D eigenvalue weighted by Gasteiger charge is 2.14. The quantitative estimate of drug-likeness (QED) is 0.130. The number of aryl methyl sites for hydroxylation is 1. The number of aromatic nitrogens is 2. The molecule has 186 valence electrons. The summed E-state index contributed by atoms with van der Waals surface area (Å²) < 4.78 is 5.81. The third-order valence-corrected chi connectivity index (χ3v) is 5.68. The Morgan fingerprint density at radius 2 is 1.75 bits per heavy atom. The van der Waals surface area contributed by atoms with Gasteiger partial charge in [-0.15, -0.1) is 0 Å². The summed E-state index contributed by atoms with van der Waals surface area (Å²) in [6, 6.07) is 12.4. The summed E-state index contributed by atoms with van der Waals surface area (Å²) in [6.07, 6.45) is 0.955.